The molecule has 0 radical (unpaired) electrons. The van der Waals surface area contributed by atoms with Crippen LogP contribution in [0.5, 0.6) is 0 Å². The van der Waals surface area contributed by atoms with Gasteiger partial charge in [-0.15, -0.1) is 0 Å². The quantitative estimate of drug-likeness (QED) is 0.264. The van der Waals surface area contributed by atoms with Crippen molar-refractivity contribution in [2.45, 2.75) is 64.7 Å². The number of hydrogen-bond donors (Lipinski definition) is 0. The van der Waals surface area contributed by atoms with Crippen molar-refractivity contribution in [1.29, 1.82) is 0 Å². The molecule has 1 fully saturated rings. The summed E-state index contributed by atoms with van der Waals surface area (Å²) in [6, 6.07) is 7.36. The van der Waals surface area contributed by atoms with Gasteiger partial charge in [-0.1, -0.05) is 35.6 Å². The molecule has 9 heteroatoms. The van der Waals surface area contributed by atoms with E-state index in [-0.39, 0.29) is 6.10 Å². The number of rotatable bonds is 9. The summed E-state index contributed by atoms with van der Waals surface area (Å²) in [6.07, 6.45) is 7.95. The summed E-state index contributed by atoms with van der Waals surface area (Å²) in [5.41, 5.74) is 2.97. The maximum Gasteiger partial charge on any atom is 0.163 e. The molecule has 0 spiro atoms. The zero-order valence-corrected chi connectivity index (χ0v) is 22.6. The fourth-order valence-corrected chi connectivity index (χ4v) is 4.85. The van der Waals surface area contributed by atoms with Crippen LogP contribution in [0.3, 0.4) is 0 Å². The van der Waals surface area contributed by atoms with Gasteiger partial charge in [0, 0.05) is 36.3 Å². The molecule has 1 aromatic carbocycles. The van der Waals surface area contributed by atoms with E-state index in [0.717, 1.165) is 39.3 Å². The summed E-state index contributed by atoms with van der Waals surface area (Å²) in [7, 11) is -1.11. The highest BCUT2D eigenvalue weighted by Gasteiger charge is 2.32. The third kappa shape index (κ3) is 6.63. The van der Waals surface area contributed by atoms with Gasteiger partial charge in [0.2, 0.25) is 0 Å². The predicted molar refractivity (Wildman–Crippen MR) is 138 cm³/mol. The van der Waals surface area contributed by atoms with E-state index in [0.29, 0.717) is 19.9 Å². The van der Waals surface area contributed by atoms with Crippen LogP contribution in [0, 0.1) is 0 Å². The molecule has 1 aliphatic heterocycles. The summed E-state index contributed by atoms with van der Waals surface area (Å²) < 4.78 is 22.3. The molecule has 3 aromatic rings. The van der Waals surface area contributed by atoms with Crippen molar-refractivity contribution < 1.29 is 14.2 Å². The average Bonchev–Trinajstić information content (AvgIpc) is 3.40. The Balaban J connectivity index is 1.45. The minimum Gasteiger partial charge on any atom is -0.360 e. The lowest BCUT2D eigenvalue weighted by Gasteiger charge is -2.16. The van der Waals surface area contributed by atoms with Crippen LogP contribution in [0.25, 0.3) is 23.1 Å². The summed E-state index contributed by atoms with van der Waals surface area (Å²) in [4.78, 5) is 0. The number of benzene rings is 1. The van der Waals surface area contributed by atoms with E-state index in [2.05, 4.69) is 52.8 Å². The molecule has 1 saturated heterocycles. The molecule has 33 heavy (non-hydrogen) atoms. The van der Waals surface area contributed by atoms with Crippen LogP contribution in [0.1, 0.15) is 25.1 Å². The molecule has 178 valence electrons. The lowest BCUT2D eigenvalue weighted by atomic mass is 10.2. The molecule has 0 N–H and O–H groups in total. The zero-order chi connectivity index (χ0) is 23.6. The normalized spacial score (nSPS) is 18.7. The first-order valence-electron chi connectivity index (χ1n) is 11.3. The van der Waals surface area contributed by atoms with Gasteiger partial charge in [-0.2, -0.15) is 10.2 Å². The van der Waals surface area contributed by atoms with Gasteiger partial charge in [0.25, 0.3) is 0 Å². The molecule has 1 aliphatic rings. The topological polar surface area (TPSA) is 63.3 Å². The van der Waals surface area contributed by atoms with E-state index < -0.39 is 13.9 Å². The Morgan fingerprint density at radius 1 is 1.27 bits per heavy atom. The Morgan fingerprint density at radius 3 is 2.82 bits per heavy atom. The van der Waals surface area contributed by atoms with E-state index in [9.17, 15) is 0 Å². The van der Waals surface area contributed by atoms with Crippen LogP contribution in [-0.2, 0) is 27.5 Å². The molecule has 0 aliphatic carbocycles. The second-order valence-corrected chi connectivity index (χ2v) is 16.7. The second kappa shape index (κ2) is 9.83. The van der Waals surface area contributed by atoms with Gasteiger partial charge in [0.1, 0.15) is 12.8 Å². The summed E-state index contributed by atoms with van der Waals surface area (Å²) >= 11 is 3.59. The monoisotopic (exact) mass is 532 g/mol. The second-order valence-electron chi connectivity index (χ2n) is 10.2. The van der Waals surface area contributed by atoms with Gasteiger partial charge in [-0.05, 0) is 50.2 Å². The van der Waals surface area contributed by atoms with Crippen LogP contribution in [0.4, 0.5) is 0 Å². The number of ether oxygens (including phenoxy) is 3. The number of halogens is 1. The smallest absolute Gasteiger partial charge is 0.163 e. The Hall–Kier alpha value is -1.78. The largest absolute Gasteiger partial charge is 0.360 e. The molecule has 7 nitrogen and oxygen atoms in total. The van der Waals surface area contributed by atoms with Gasteiger partial charge < -0.3 is 14.2 Å². The summed E-state index contributed by atoms with van der Waals surface area (Å²) in [6.45, 7) is 13.4. The van der Waals surface area contributed by atoms with Gasteiger partial charge in [-0.25, -0.2) is 4.68 Å². The van der Waals surface area contributed by atoms with Crippen molar-refractivity contribution in [2.75, 3.05) is 13.2 Å². The Morgan fingerprint density at radius 2 is 2.09 bits per heavy atom. The maximum absolute atomic E-state index is 5.96. The fourth-order valence-electron chi connectivity index (χ4n) is 3.73. The Labute approximate surface area is 204 Å². The fraction of sp³-hybridized carbons (Fsp3) is 0.500. The van der Waals surface area contributed by atoms with Crippen LogP contribution in [-0.4, -0.2) is 52.7 Å². The molecule has 0 saturated carbocycles. The van der Waals surface area contributed by atoms with Crippen molar-refractivity contribution in [3.8, 4) is 0 Å². The van der Waals surface area contributed by atoms with E-state index in [1.54, 1.807) is 0 Å². The molecule has 0 unspecified atom stereocenters. The van der Waals surface area contributed by atoms with Crippen molar-refractivity contribution in [1.82, 2.24) is 19.6 Å². The van der Waals surface area contributed by atoms with E-state index in [1.807, 2.05) is 53.8 Å². The van der Waals surface area contributed by atoms with Gasteiger partial charge in [0.05, 0.1) is 30.6 Å². The first-order valence-corrected chi connectivity index (χ1v) is 15.8. The van der Waals surface area contributed by atoms with Crippen LogP contribution < -0.4 is 0 Å². The van der Waals surface area contributed by atoms with Gasteiger partial charge >= 0.3 is 0 Å². The third-order valence-electron chi connectivity index (χ3n) is 5.50. The lowest BCUT2D eigenvalue weighted by molar-refractivity contribution is -0.139. The van der Waals surface area contributed by atoms with Gasteiger partial charge in [0.15, 0.2) is 5.79 Å². The molecule has 2 aromatic heterocycles. The molecule has 0 amide bonds. The van der Waals surface area contributed by atoms with Crippen LogP contribution in [0.2, 0.25) is 25.7 Å². The van der Waals surface area contributed by atoms with Crippen molar-refractivity contribution in [2.24, 2.45) is 0 Å². The van der Waals surface area contributed by atoms with Crippen molar-refractivity contribution in [3.05, 3.63) is 46.3 Å². The molecule has 0 bridgehead atoms. The highest BCUT2D eigenvalue weighted by molar-refractivity contribution is 9.10. The highest BCUT2D eigenvalue weighted by atomic mass is 79.9. The first-order chi connectivity index (χ1) is 15.6. The number of hydrogen-bond acceptors (Lipinski definition) is 5. The summed E-state index contributed by atoms with van der Waals surface area (Å²) in [5.74, 6) is -0.521. The van der Waals surface area contributed by atoms with Crippen LogP contribution in [0.15, 0.2) is 35.1 Å². The number of fused-ring (bicyclic) bond motifs is 1. The molecular formula is C24H33BrN4O3Si. The van der Waals surface area contributed by atoms with E-state index in [1.165, 1.54) is 0 Å². The molecular weight excluding hydrogens is 500 g/mol. The standard InChI is InChI=1S/C24H33BrN4O3Si/c1-24(2)31-16-20(32-24)15-28-14-18(13-26-28)6-8-22-21-12-19(25)7-9-23(21)29(27-22)17-30-10-11-33(3,4)5/h6-9,12-14,20H,10-11,15-17H2,1-5H3/b8-6+/t20-/m1/s1. The highest BCUT2D eigenvalue weighted by Crippen LogP contribution is 2.26. The molecule has 1 atom stereocenters. The lowest BCUT2D eigenvalue weighted by Crippen LogP contribution is -2.24. The minimum atomic E-state index is -1.11. The Kier molecular flexibility index (Phi) is 7.25. The Bertz CT molecular complexity index is 1130. The number of aromatic nitrogens is 4. The van der Waals surface area contributed by atoms with Crippen molar-refractivity contribution in [3.63, 3.8) is 0 Å². The molecule has 4 rings (SSSR count). The average molecular weight is 534 g/mol. The van der Waals surface area contributed by atoms with E-state index in [4.69, 9.17) is 19.3 Å². The van der Waals surface area contributed by atoms with Gasteiger partial charge in [-0.3, -0.25) is 4.68 Å². The number of nitrogens with zero attached hydrogens (tertiary/aromatic N) is 4. The first kappa shape index (κ1) is 24.3. The van der Waals surface area contributed by atoms with E-state index >= 15 is 0 Å². The summed E-state index contributed by atoms with van der Waals surface area (Å²) in [5, 5.41) is 10.4. The predicted octanol–water partition coefficient (Wildman–Crippen LogP) is 5.63. The van der Waals surface area contributed by atoms with Crippen LogP contribution >= 0.6 is 15.9 Å². The maximum atomic E-state index is 5.96. The third-order valence-corrected chi connectivity index (χ3v) is 7.69. The molecule has 3 heterocycles. The zero-order valence-electron chi connectivity index (χ0n) is 20.0. The minimum absolute atomic E-state index is 0.00896. The van der Waals surface area contributed by atoms with Crippen molar-refractivity contribution >= 4 is 47.1 Å². The SMILES string of the molecule is CC1(C)OC[C@@H](Cn2cc(/C=C/c3nn(COCC[Si](C)(C)C)c4ccc(Br)cc34)cn2)O1.